The molecule has 1 aliphatic rings. The van der Waals surface area contributed by atoms with E-state index < -0.39 is 0 Å². The first-order valence-electron chi connectivity index (χ1n) is 6.90. The fourth-order valence-corrected chi connectivity index (χ4v) is 2.47. The van der Waals surface area contributed by atoms with Crippen LogP contribution in [0.3, 0.4) is 0 Å². The number of nitrogens with two attached hydrogens (primary N) is 1. The molecule has 3 N–H and O–H groups in total. The summed E-state index contributed by atoms with van der Waals surface area (Å²) in [6.07, 6.45) is 0.706. The maximum atomic E-state index is 12.4. The molecule has 0 saturated heterocycles. The van der Waals surface area contributed by atoms with Crippen LogP contribution in [0.4, 0.5) is 5.69 Å². The van der Waals surface area contributed by atoms with Gasteiger partial charge in [-0.05, 0) is 11.8 Å². The lowest BCUT2D eigenvalue weighted by atomic mass is 9.84. The summed E-state index contributed by atoms with van der Waals surface area (Å²) in [6.45, 7) is 6.70. The first-order valence-corrected chi connectivity index (χ1v) is 7.28. The number of hydrogen-bond acceptors (Lipinski definition) is 4. The molecule has 1 aromatic carbocycles. The van der Waals surface area contributed by atoms with Crippen molar-refractivity contribution in [3.63, 3.8) is 0 Å². The molecule has 1 unspecified atom stereocenters. The number of carbonyl (C=O) groups is 1. The Morgan fingerprint density at radius 1 is 1.38 bits per heavy atom. The summed E-state index contributed by atoms with van der Waals surface area (Å²) in [5, 5.41) is 3.24. The van der Waals surface area contributed by atoms with Crippen LogP contribution in [0.2, 0.25) is 5.02 Å². The molecule has 0 saturated carbocycles. The third kappa shape index (κ3) is 4.02. The molecule has 0 bridgehead atoms. The third-order valence-corrected chi connectivity index (χ3v) is 3.55. The van der Waals surface area contributed by atoms with Gasteiger partial charge in [-0.25, -0.2) is 0 Å². The van der Waals surface area contributed by atoms with Gasteiger partial charge in [0, 0.05) is 18.7 Å². The van der Waals surface area contributed by atoms with Gasteiger partial charge in [0.1, 0.15) is 0 Å². The highest BCUT2D eigenvalue weighted by Crippen LogP contribution is 2.39. The summed E-state index contributed by atoms with van der Waals surface area (Å²) in [4.78, 5) is 12.4. The van der Waals surface area contributed by atoms with Gasteiger partial charge in [-0.1, -0.05) is 32.4 Å². The van der Waals surface area contributed by atoms with E-state index in [0.717, 1.165) is 0 Å². The van der Waals surface area contributed by atoms with E-state index in [4.69, 9.17) is 26.8 Å². The molecule has 2 rings (SSSR count). The van der Waals surface area contributed by atoms with Crippen LogP contribution in [-0.4, -0.2) is 19.2 Å². The summed E-state index contributed by atoms with van der Waals surface area (Å²) in [6, 6.07) is 3.31. The molecule has 6 heteroatoms. The zero-order valence-corrected chi connectivity index (χ0v) is 13.3. The number of halogens is 1. The monoisotopic (exact) mass is 312 g/mol. The van der Waals surface area contributed by atoms with Crippen LogP contribution < -0.4 is 20.5 Å². The van der Waals surface area contributed by atoms with Crippen LogP contribution in [0.1, 0.15) is 27.2 Å². The van der Waals surface area contributed by atoms with Crippen molar-refractivity contribution in [2.24, 2.45) is 17.1 Å². The van der Waals surface area contributed by atoms with Crippen molar-refractivity contribution in [2.45, 2.75) is 27.2 Å². The highest BCUT2D eigenvalue weighted by molar-refractivity contribution is 6.34. The van der Waals surface area contributed by atoms with Crippen LogP contribution in [0.15, 0.2) is 12.1 Å². The van der Waals surface area contributed by atoms with Gasteiger partial charge in [0.05, 0.1) is 16.6 Å². The second-order valence-corrected chi connectivity index (χ2v) is 6.78. The Balaban J connectivity index is 2.12. The van der Waals surface area contributed by atoms with Crippen LogP contribution in [0.25, 0.3) is 0 Å². The minimum absolute atomic E-state index is 0.0278. The molecule has 0 aromatic heterocycles. The molecule has 0 aliphatic carbocycles. The average Bonchev–Trinajstić information content (AvgIpc) is 2.82. The zero-order chi connectivity index (χ0) is 15.6. The van der Waals surface area contributed by atoms with Gasteiger partial charge < -0.3 is 20.5 Å². The lowest BCUT2D eigenvalue weighted by Gasteiger charge is -2.24. The van der Waals surface area contributed by atoms with Crippen molar-refractivity contribution < 1.29 is 14.3 Å². The fraction of sp³-hybridized carbons (Fsp3) is 0.533. The molecule has 1 heterocycles. The minimum Gasteiger partial charge on any atom is -0.454 e. The zero-order valence-electron chi connectivity index (χ0n) is 12.5. The van der Waals surface area contributed by atoms with Crippen molar-refractivity contribution in [2.75, 3.05) is 18.7 Å². The Morgan fingerprint density at radius 2 is 2.00 bits per heavy atom. The summed E-state index contributed by atoms with van der Waals surface area (Å²) in [5.74, 6) is 0.776. The maximum absolute atomic E-state index is 12.4. The highest BCUT2D eigenvalue weighted by Gasteiger charge is 2.25. The second-order valence-electron chi connectivity index (χ2n) is 6.37. The minimum atomic E-state index is -0.258. The lowest BCUT2D eigenvalue weighted by molar-refractivity contribution is -0.120. The average molecular weight is 313 g/mol. The Morgan fingerprint density at radius 3 is 2.57 bits per heavy atom. The Kier molecular flexibility index (Phi) is 4.64. The van der Waals surface area contributed by atoms with E-state index in [1.165, 1.54) is 0 Å². The van der Waals surface area contributed by atoms with Crippen molar-refractivity contribution >= 4 is 23.2 Å². The number of anilines is 1. The quantitative estimate of drug-likeness (QED) is 0.896. The predicted octanol–water partition coefficient (Wildman–Crippen LogP) is 3.02. The first kappa shape index (κ1) is 15.9. The third-order valence-electron chi connectivity index (χ3n) is 3.23. The van der Waals surface area contributed by atoms with E-state index in [1.54, 1.807) is 12.1 Å². The number of amides is 1. The number of nitrogens with one attached hydrogen (secondary N) is 1. The number of ether oxygens (including phenoxy) is 2. The number of hydrogen-bond donors (Lipinski definition) is 2. The van der Waals surface area contributed by atoms with Crippen molar-refractivity contribution in [3.8, 4) is 11.5 Å². The SMILES string of the molecule is CC(C)(C)CC(CN)C(=O)Nc1cc2c(cc1Cl)OCO2. The number of fused-ring (bicyclic) bond motifs is 1. The van der Waals surface area contributed by atoms with E-state index in [1.807, 2.05) is 0 Å². The molecular weight excluding hydrogens is 292 g/mol. The highest BCUT2D eigenvalue weighted by atomic mass is 35.5. The lowest BCUT2D eigenvalue weighted by Crippen LogP contribution is -2.32. The van der Waals surface area contributed by atoms with Gasteiger partial charge >= 0.3 is 0 Å². The predicted molar refractivity (Wildman–Crippen MR) is 82.8 cm³/mol. The van der Waals surface area contributed by atoms with Crippen LogP contribution in [0.5, 0.6) is 11.5 Å². The van der Waals surface area contributed by atoms with E-state index in [0.29, 0.717) is 35.2 Å². The molecule has 0 radical (unpaired) electrons. The standard InChI is InChI=1S/C15H21ClN2O3/c1-15(2,3)6-9(7-17)14(19)18-11-5-13-12(4-10(11)16)20-8-21-13/h4-5,9H,6-8,17H2,1-3H3,(H,18,19). The summed E-state index contributed by atoms with van der Waals surface area (Å²) >= 11 is 6.15. The van der Waals surface area contributed by atoms with E-state index in [2.05, 4.69) is 26.1 Å². The molecule has 1 aromatic rings. The largest absolute Gasteiger partial charge is 0.454 e. The molecule has 5 nitrogen and oxygen atoms in total. The van der Waals surface area contributed by atoms with Gasteiger partial charge in [0.15, 0.2) is 11.5 Å². The molecule has 0 spiro atoms. The van der Waals surface area contributed by atoms with Crippen LogP contribution in [0, 0.1) is 11.3 Å². The molecule has 1 aliphatic heterocycles. The molecule has 1 atom stereocenters. The maximum Gasteiger partial charge on any atom is 0.231 e. The normalized spacial score (nSPS) is 14.9. The smallest absolute Gasteiger partial charge is 0.231 e. The molecule has 116 valence electrons. The molecule has 0 fully saturated rings. The van der Waals surface area contributed by atoms with Gasteiger partial charge in [0.2, 0.25) is 12.7 Å². The van der Waals surface area contributed by atoms with Gasteiger partial charge in [-0.2, -0.15) is 0 Å². The number of rotatable bonds is 4. The van der Waals surface area contributed by atoms with Gasteiger partial charge in [0.25, 0.3) is 0 Å². The van der Waals surface area contributed by atoms with Gasteiger partial charge in [-0.3, -0.25) is 4.79 Å². The van der Waals surface area contributed by atoms with Gasteiger partial charge in [-0.15, -0.1) is 0 Å². The van der Waals surface area contributed by atoms with Crippen molar-refractivity contribution in [1.82, 2.24) is 0 Å². The Bertz CT molecular complexity index is 540. The summed E-state index contributed by atoms with van der Waals surface area (Å²) in [7, 11) is 0. The first-order chi connectivity index (χ1) is 9.80. The molecular formula is C15H21ClN2O3. The second kappa shape index (κ2) is 6.12. The number of benzene rings is 1. The van der Waals surface area contributed by atoms with E-state index in [9.17, 15) is 4.79 Å². The van der Waals surface area contributed by atoms with Crippen LogP contribution in [-0.2, 0) is 4.79 Å². The molecule has 21 heavy (non-hydrogen) atoms. The van der Waals surface area contributed by atoms with Crippen LogP contribution >= 0.6 is 11.6 Å². The fourth-order valence-electron chi connectivity index (χ4n) is 2.27. The van der Waals surface area contributed by atoms with Crippen molar-refractivity contribution in [3.05, 3.63) is 17.2 Å². The van der Waals surface area contributed by atoms with E-state index in [-0.39, 0.29) is 24.0 Å². The van der Waals surface area contributed by atoms with Crippen molar-refractivity contribution in [1.29, 1.82) is 0 Å². The summed E-state index contributed by atoms with van der Waals surface area (Å²) in [5.41, 5.74) is 6.26. The van der Waals surface area contributed by atoms with E-state index >= 15 is 0 Å². The Labute approximate surface area is 129 Å². The summed E-state index contributed by atoms with van der Waals surface area (Å²) < 4.78 is 10.5. The Hall–Kier alpha value is -1.46. The number of carbonyl (C=O) groups excluding carboxylic acids is 1. The molecule has 1 amide bonds. The topological polar surface area (TPSA) is 73.6 Å².